The predicted molar refractivity (Wildman–Crippen MR) is 395 cm³/mol. The second kappa shape index (κ2) is 71.1. The number of phosphoric acid groups is 2. The minimum Gasteiger partial charge on any atom is -0.462 e. The van der Waals surface area contributed by atoms with E-state index in [1.54, 1.807) is 0 Å². The Hall–Kier alpha value is -1.94. The highest BCUT2D eigenvalue weighted by Crippen LogP contribution is 2.45. The summed E-state index contributed by atoms with van der Waals surface area (Å²) >= 11 is 0. The van der Waals surface area contributed by atoms with Gasteiger partial charge in [-0.2, -0.15) is 0 Å². The monoisotopic (exact) mass is 1420 g/mol. The predicted octanol–water partition coefficient (Wildman–Crippen LogP) is 23.3. The largest absolute Gasteiger partial charge is 0.472 e. The average Bonchev–Trinajstić information content (AvgIpc) is 1.02. The Kier molecular flexibility index (Phi) is 69.6. The van der Waals surface area contributed by atoms with E-state index in [-0.39, 0.29) is 25.7 Å². The molecule has 3 unspecified atom stereocenters. The van der Waals surface area contributed by atoms with Crippen molar-refractivity contribution < 1.29 is 80.2 Å². The molecule has 17 nitrogen and oxygen atoms in total. The summed E-state index contributed by atoms with van der Waals surface area (Å²) in [6.07, 6.45) is 61.3. The van der Waals surface area contributed by atoms with Gasteiger partial charge in [-0.05, 0) is 31.6 Å². The molecule has 0 amide bonds. The number of aliphatic hydroxyl groups is 1. The first-order chi connectivity index (χ1) is 47.1. The van der Waals surface area contributed by atoms with Crippen molar-refractivity contribution in [1.29, 1.82) is 0 Å². The van der Waals surface area contributed by atoms with Gasteiger partial charge in [0.1, 0.15) is 19.3 Å². The van der Waals surface area contributed by atoms with Crippen LogP contribution in [0.25, 0.3) is 0 Å². The number of carbonyl (C=O) groups excluding carboxylic acids is 4. The Labute approximate surface area is 594 Å². The SMILES string of the molecule is CCCCCCCCCCCCCCCCCCCCCCCC(=O)O[C@H](COC(=O)CCCCCCCCCCCCCCCCCCC)COP(=O)(O)OC[C@@H](O)COP(=O)(O)OC[C@@H](COC(=O)CCCCCCCCC)OC(=O)CCCCCCCCCCC(C)CC. The summed E-state index contributed by atoms with van der Waals surface area (Å²) in [6.45, 7) is 7.26. The molecule has 576 valence electrons. The molecule has 0 aliphatic carbocycles. The molecule has 0 radical (unpaired) electrons. The van der Waals surface area contributed by atoms with E-state index in [4.69, 9.17) is 37.0 Å². The first-order valence-electron chi connectivity index (χ1n) is 40.7. The third kappa shape index (κ3) is 70.9. The zero-order valence-corrected chi connectivity index (χ0v) is 65.0. The number of esters is 4. The van der Waals surface area contributed by atoms with E-state index < -0.39 is 97.5 Å². The molecule has 0 heterocycles. The zero-order chi connectivity index (χ0) is 71.2. The lowest BCUT2D eigenvalue weighted by molar-refractivity contribution is -0.161. The number of hydrogen-bond donors (Lipinski definition) is 3. The topological polar surface area (TPSA) is 237 Å². The summed E-state index contributed by atoms with van der Waals surface area (Å²) in [7, 11) is -9.91. The number of hydrogen-bond acceptors (Lipinski definition) is 15. The van der Waals surface area contributed by atoms with E-state index in [0.717, 1.165) is 109 Å². The Morgan fingerprint density at radius 3 is 0.732 bits per heavy atom. The van der Waals surface area contributed by atoms with Crippen LogP contribution in [0.1, 0.15) is 413 Å². The van der Waals surface area contributed by atoms with Crippen molar-refractivity contribution in [1.82, 2.24) is 0 Å². The van der Waals surface area contributed by atoms with Crippen LogP contribution >= 0.6 is 15.6 Å². The molecule has 3 N–H and O–H groups in total. The molecular formula is C78H152O17P2. The first-order valence-corrected chi connectivity index (χ1v) is 43.7. The van der Waals surface area contributed by atoms with Crippen molar-refractivity contribution in [2.75, 3.05) is 39.6 Å². The standard InChI is InChI=1S/C78H152O17P2/c1-6-10-13-16-19-21-23-25-27-29-30-31-32-34-36-38-40-42-48-53-58-63-77(82)94-74(68-89-76(81)62-57-52-47-41-39-37-35-33-28-26-24-22-20-17-14-11-7-2)70-93-97(86,87)91-66-72(79)65-90-96(84,85)92-69-73(67-88-75(80)61-56-51-45-18-15-12-8-3)95-78(83)64-59-54-49-44-43-46-50-55-60-71(5)9-4/h71-74,79H,6-70H2,1-5H3,(H,84,85)(H,86,87)/t71?,72-,73+,74+/m0/s1. The van der Waals surface area contributed by atoms with Gasteiger partial charge in [0.25, 0.3) is 0 Å². The summed E-state index contributed by atoms with van der Waals surface area (Å²) in [5.74, 6) is -1.35. The number of rotatable bonds is 78. The van der Waals surface area contributed by atoms with Crippen molar-refractivity contribution in [3.8, 4) is 0 Å². The maximum absolute atomic E-state index is 13.1. The van der Waals surface area contributed by atoms with Crippen molar-refractivity contribution in [3.63, 3.8) is 0 Å². The quantitative estimate of drug-likeness (QED) is 0.0222. The van der Waals surface area contributed by atoms with Gasteiger partial charge in [0.05, 0.1) is 26.4 Å². The fourth-order valence-corrected chi connectivity index (χ4v) is 13.6. The summed E-state index contributed by atoms with van der Waals surface area (Å²) in [4.78, 5) is 72.7. The molecule has 0 aliphatic heterocycles. The lowest BCUT2D eigenvalue weighted by atomic mass is 9.99. The molecule has 0 saturated carbocycles. The minimum atomic E-state index is -4.96. The molecule has 0 fully saturated rings. The maximum atomic E-state index is 13.1. The van der Waals surface area contributed by atoms with E-state index in [9.17, 15) is 43.2 Å². The van der Waals surface area contributed by atoms with Crippen molar-refractivity contribution in [2.45, 2.75) is 432 Å². The molecule has 0 saturated heterocycles. The number of aliphatic hydroxyl groups excluding tert-OH is 1. The lowest BCUT2D eigenvalue weighted by Gasteiger charge is -2.21. The summed E-state index contributed by atoms with van der Waals surface area (Å²) in [6, 6.07) is 0. The molecule has 97 heavy (non-hydrogen) atoms. The second-order valence-electron chi connectivity index (χ2n) is 28.3. The van der Waals surface area contributed by atoms with Crippen LogP contribution < -0.4 is 0 Å². The van der Waals surface area contributed by atoms with Crippen LogP contribution in [0.5, 0.6) is 0 Å². The zero-order valence-electron chi connectivity index (χ0n) is 63.2. The van der Waals surface area contributed by atoms with Gasteiger partial charge in [-0.1, -0.05) is 362 Å². The Balaban J connectivity index is 5.17. The molecule has 19 heteroatoms. The van der Waals surface area contributed by atoms with Crippen LogP contribution in [0, 0.1) is 5.92 Å². The van der Waals surface area contributed by atoms with E-state index in [0.29, 0.717) is 25.7 Å². The van der Waals surface area contributed by atoms with E-state index in [2.05, 4.69) is 34.6 Å². The van der Waals surface area contributed by atoms with Gasteiger partial charge < -0.3 is 33.8 Å². The highest BCUT2D eigenvalue weighted by Gasteiger charge is 2.30. The van der Waals surface area contributed by atoms with Crippen LogP contribution in [0.4, 0.5) is 0 Å². The first kappa shape index (κ1) is 95.1. The van der Waals surface area contributed by atoms with Gasteiger partial charge in [-0.15, -0.1) is 0 Å². The lowest BCUT2D eigenvalue weighted by Crippen LogP contribution is -2.30. The van der Waals surface area contributed by atoms with E-state index in [1.165, 1.54) is 225 Å². The van der Waals surface area contributed by atoms with Crippen LogP contribution in [0.3, 0.4) is 0 Å². The molecule has 0 aromatic rings. The average molecular weight is 1420 g/mol. The van der Waals surface area contributed by atoms with Gasteiger partial charge in [0.2, 0.25) is 0 Å². The highest BCUT2D eigenvalue weighted by atomic mass is 31.2. The van der Waals surface area contributed by atoms with Crippen LogP contribution in [0.2, 0.25) is 0 Å². The second-order valence-corrected chi connectivity index (χ2v) is 31.3. The van der Waals surface area contributed by atoms with Gasteiger partial charge >= 0.3 is 39.5 Å². The maximum Gasteiger partial charge on any atom is 0.472 e. The fourth-order valence-electron chi connectivity index (χ4n) is 12.0. The van der Waals surface area contributed by atoms with Crippen molar-refractivity contribution >= 4 is 39.5 Å². The molecule has 0 aliphatic rings. The Morgan fingerprint density at radius 1 is 0.289 bits per heavy atom. The molecule has 0 bridgehead atoms. The van der Waals surface area contributed by atoms with Gasteiger partial charge in [-0.25, -0.2) is 9.13 Å². The molecule has 0 spiro atoms. The number of unbranched alkanes of at least 4 members (excludes halogenated alkanes) is 49. The van der Waals surface area contributed by atoms with Crippen LogP contribution in [0.15, 0.2) is 0 Å². The van der Waals surface area contributed by atoms with Crippen molar-refractivity contribution in [2.24, 2.45) is 5.92 Å². The number of ether oxygens (including phenoxy) is 4. The Bertz CT molecular complexity index is 1860. The van der Waals surface area contributed by atoms with Gasteiger partial charge in [-0.3, -0.25) is 37.3 Å². The molecular weight excluding hydrogens is 1270 g/mol. The molecule has 0 rings (SSSR count). The van der Waals surface area contributed by atoms with Crippen LogP contribution in [-0.2, 0) is 65.4 Å². The normalized spacial score (nSPS) is 14.2. The molecule has 6 atom stereocenters. The van der Waals surface area contributed by atoms with Crippen LogP contribution in [-0.4, -0.2) is 96.7 Å². The molecule has 0 aromatic carbocycles. The summed E-state index contributed by atoms with van der Waals surface area (Å²) < 4.78 is 68.5. The highest BCUT2D eigenvalue weighted by molar-refractivity contribution is 7.47. The van der Waals surface area contributed by atoms with E-state index >= 15 is 0 Å². The Morgan fingerprint density at radius 2 is 0.495 bits per heavy atom. The third-order valence-corrected chi connectivity index (χ3v) is 20.5. The smallest absolute Gasteiger partial charge is 0.462 e. The van der Waals surface area contributed by atoms with E-state index in [1.807, 2.05) is 0 Å². The fraction of sp³-hybridized carbons (Fsp3) is 0.949. The van der Waals surface area contributed by atoms with Gasteiger partial charge in [0.15, 0.2) is 12.2 Å². The minimum absolute atomic E-state index is 0.105. The van der Waals surface area contributed by atoms with Crippen molar-refractivity contribution in [3.05, 3.63) is 0 Å². The number of carbonyl (C=O) groups is 4. The van der Waals surface area contributed by atoms with Gasteiger partial charge in [0, 0.05) is 25.7 Å². The molecule has 0 aromatic heterocycles. The number of phosphoric ester groups is 2. The third-order valence-electron chi connectivity index (χ3n) is 18.6. The summed E-state index contributed by atoms with van der Waals surface area (Å²) in [5.41, 5.74) is 0. The summed E-state index contributed by atoms with van der Waals surface area (Å²) in [5, 5.41) is 10.6.